The van der Waals surface area contributed by atoms with Crippen molar-refractivity contribution in [2.24, 2.45) is 0 Å². The second-order valence-corrected chi connectivity index (χ2v) is 7.51. The van der Waals surface area contributed by atoms with Crippen molar-refractivity contribution in [1.82, 2.24) is 4.57 Å². The van der Waals surface area contributed by atoms with E-state index in [1.807, 2.05) is 23.8 Å². The van der Waals surface area contributed by atoms with Gasteiger partial charge in [-0.25, -0.2) is 12.8 Å². The third-order valence-electron chi connectivity index (χ3n) is 3.75. The van der Waals surface area contributed by atoms with Gasteiger partial charge >= 0.3 is 0 Å². The third kappa shape index (κ3) is 3.05. The molecule has 0 saturated heterocycles. The fraction of sp³-hybridized carbons (Fsp3) is 0.111. The Kier molecular flexibility index (Phi) is 3.82. The second kappa shape index (κ2) is 5.66. The van der Waals surface area contributed by atoms with Gasteiger partial charge in [0.25, 0.3) is 0 Å². The summed E-state index contributed by atoms with van der Waals surface area (Å²) in [7, 11) is -3.21. The summed E-state index contributed by atoms with van der Waals surface area (Å²) < 4.78 is 38.2. The van der Waals surface area contributed by atoms with Crippen LogP contribution in [0.4, 0.5) is 4.39 Å². The van der Waals surface area contributed by atoms with Gasteiger partial charge in [0.2, 0.25) is 0 Å². The molecule has 2 aromatic carbocycles. The maximum absolute atomic E-state index is 13.1. The van der Waals surface area contributed by atoms with E-state index in [1.165, 1.54) is 18.4 Å². The summed E-state index contributed by atoms with van der Waals surface area (Å²) in [5.74, 6) is -0.276. The quantitative estimate of drug-likeness (QED) is 0.729. The third-order valence-corrected chi connectivity index (χ3v) is 4.88. The number of halogens is 1. The van der Waals surface area contributed by atoms with Crippen molar-refractivity contribution in [3.63, 3.8) is 0 Å². The molecule has 0 fully saturated rings. The van der Waals surface area contributed by atoms with Crippen LogP contribution in [-0.2, 0) is 9.84 Å². The van der Waals surface area contributed by atoms with E-state index in [9.17, 15) is 12.8 Å². The van der Waals surface area contributed by atoms with E-state index in [0.29, 0.717) is 0 Å². The molecule has 3 rings (SSSR count). The monoisotopic (exact) mass is 329 g/mol. The molecule has 0 atom stereocenters. The number of hydrogen-bond acceptors (Lipinski definition) is 2. The van der Waals surface area contributed by atoms with Gasteiger partial charge in [0.1, 0.15) is 5.82 Å². The molecule has 0 radical (unpaired) electrons. The molecule has 3 aromatic rings. The van der Waals surface area contributed by atoms with E-state index in [0.717, 1.165) is 22.5 Å². The fourth-order valence-corrected chi connectivity index (χ4v) is 3.20. The Balaban J connectivity index is 2.10. The molecule has 5 heteroatoms. The Morgan fingerprint density at radius 2 is 1.52 bits per heavy atom. The number of rotatable bonds is 3. The molecule has 1 aromatic heterocycles. The molecule has 0 amide bonds. The van der Waals surface area contributed by atoms with Gasteiger partial charge in [0.15, 0.2) is 9.84 Å². The summed E-state index contributed by atoms with van der Waals surface area (Å²) in [6, 6.07) is 15.0. The highest BCUT2D eigenvalue weighted by molar-refractivity contribution is 7.90. The predicted octanol–water partition coefficient (Wildman–Crippen LogP) is 4.00. The zero-order valence-electron chi connectivity index (χ0n) is 12.8. The first-order valence-electron chi connectivity index (χ1n) is 7.10. The lowest BCUT2D eigenvalue weighted by Crippen LogP contribution is -1.99. The molecular weight excluding hydrogens is 313 g/mol. The Morgan fingerprint density at radius 1 is 0.913 bits per heavy atom. The van der Waals surface area contributed by atoms with E-state index >= 15 is 0 Å². The van der Waals surface area contributed by atoms with Crippen LogP contribution in [0.3, 0.4) is 0 Å². The summed E-state index contributed by atoms with van der Waals surface area (Å²) in [5, 5.41) is 0. The minimum Gasteiger partial charge on any atom is -0.316 e. The van der Waals surface area contributed by atoms with Crippen LogP contribution in [0.5, 0.6) is 0 Å². The van der Waals surface area contributed by atoms with Crippen LogP contribution >= 0.6 is 0 Å². The number of sulfone groups is 1. The van der Waals surface area contributed by atoms with Crippen LogP contribution < -0.4 is 0 Å². The molecule has 0 aliphatic rings. The van der Waals surface area contributed by atoms with Crippen LogP contribution in [0, 0.1) is 12.7 Å². The molecule has 0 bridgehead atoms. The molecule has 0 N–H and O–H groups in total. The van der Waals surface area contributed by atoms with Crippen molar-refractivity contribution in [1.29, 1.82) is 0 Å². The average molecular weight is 329 g/mol. The van der Waals surface area contributed by atoms with Gasteiger partial charge in [0.05, 0.1) is 10.6 Å². The molecule has 1 heterocycles. The number of aromatic nitrogens is 1. The minimum absolute atomic E-state index is 0.276. The summed E-state index contributed by atoms with van der Waals surface area (Å²) in [5.41, 5.74) is 3.77. The SMILES string of the molecule is Cc1ccn(-c2ccc(S(C)(=O)=O)cc2)c1-c1ccc(F)cc1. The van der Waals surface area contributed by atoms with Gasteiger partial charge in [-0.1, -0.05) is 0 Å². The lowest BCUT2D eigenvalue weighted by Gasteiger charge is -2.11. The maximum atomic E-state index is 13.1. The number of benzene rings is 2. The Bertz CT molecular complexity index is 940. The highest BCUT2D eigenvalue weighted by atomic mass is 32.2. The molecule has 118 valence electrons. The van der Waals surface area contributed by atoms with E-state index in [-0.39, 0.29) is 10.7 Å². The highest BCUT2D eigenvalue weighted by Crippen LogP contribution is 2.28. The molecule has 0 spiro atoms. The smallest absolute Gasteiger partial charge is 0.175 e. The second-order valence-electron chi connectivity index (χ2n) is 5.49. The van der Waals surface area contributed by atoms with Crippen LogP contribution in [-0.4, -0.2) is 19.2 Å². The fourth-order valence-electron chi connectivity index (χ4n) is 2.57. The average Bonchev–Trinajstić information content (AvgIpc) is 2.89. The topological polar surface area (TPSA) is 39.1 Å². The van der Waals surface area contributed by atoms with Crippen LogP contribution in [0.15, 0.2) is 65.7 Å². The van der Waals surface area contributed by atoms with E-state index in [1.54, 1.807) is 36.4 Å². The first-order chi connectivity index (χ1) is 10.9. The van der Waals surface area contributed by atoms with Gasteiger partial charge in [-0.15, -0.1) is 0 Å². The number of aryl methyl sites for hydroxylation is 1. The summed E-state index contributed by atoms with van der Waals surface area (Å²) in [6.07, 6.45) is 3.11. The summed E-state index contributed by atoms with van der Waals surface area (Å²) >= 11 is 0. The molecular formula is C18H16FNO2S. The van der Waals surface area contributed by atoms with Crippen molar-refractivity contribution in [2.75, 3.05) is 6.26 Å². The zero-order valence-corrected chi connectivity index (χ0v) is 13.6. The normalized spacial score (nSPS) is 11.6. The highest BCUT2D eigenvalue weighted by Gasteiger charge is 2.12. The van der Waals surface area contributed by atoms with E-state index in [4.69, 9.17) is 0 Å². The zero-order chi connectivity index (χ0) is 16.6. The van der Waals surface area contributed by atoms with Crippen LogP contribution in [0.2, 0.25) is 0 Å². The lowest BCUT2D eigenvalue weighted by atomic mass is 10.1. The van der Waals surface area contributed by atoms with Crippen molar-refractivity contribution in [3.05, 3.63) is 72.2 Å². The molecule has 0 aliphatic heterocycles. The van der Waals surface area contributed by atoms with Gasteiger partial charge in [-0.2, -0.15) is 0 Å². The Morgan fingerprint density at radius 3 is 2.09 bits per heavy atom. The van der Waals surface area contributed by atoms with Crippen LogP contribution in [0.25, 0.3) is 16.9 Å². The Labute approximate surface area is 134 Å². The largest absolute Gasteiger partial charge is 0.316 e. The number of hydrogen-bond donors (Lipinski definition) is 0. The summed E-state index contributed by atoms with van der Waals surface area (Å²) in [6.45, 7) is 1.99. The van der Waals surface area contributed by atoms with Crippen LogP contribution in [0.1, 0.15) is 5.56 Å². The van der Waals surface area contributed by atoms with Crippen molar-refractivity contribution < 1.29 is 12.8 Å². The minimum atomic E-state index is -3.21. The summed E-state index contributed by atoms with van der Waals surface area (Å²) in [4.78, 5) is 0.286. The Hall–Kier alpha value is -2.40. The van der Waals surface area contributed by atoms with Gasteiger partial charge in [0, 0.05) is 18.1 Å². The van der Waals surface area contributed by atoms with Crippen molar-refractivity contribution in [3.8, 4) is 16.9 Å². The molecule has 23 heavy (non-hydrogen) atoms. The standard InChI is InChI=1S/C18H16FNO2S/c1-13-11-12-20(18(13)14-3-5-15(19)6-4-14)16-7-9-17(10-8-16)23(2,21)22/h3-12H,1-2H3. The first-order valence-corrected chi connectivity index (χ1v) is 9.00. The maximum Gasteiger partial charge on any atom is 0.175 e. The molecule has 0 aliphatic carbocycles. The van der Waals surface area contributed by atoms with E-state index < -0.39 is 9.84 Å². The van der Waals surface area contributed by atoms with Crippen molar-refractivity contribution >= 4 is 9.84 Å². The lowest BCUT2D eigenvalue weighted by molar-refractivity contribution is 0.602. The van der Waals surface area contributed by atoms with Crippen molar-refractivity contribution in [2.45, 2.75) is 11.8 Å². The number of nitrogens with zero attached hydrogens (tertiary/aromatic N) is 1. The van der Waals surface area contributed by atoms with E-state index in [2.05, 4.69) is 0 Å². The molecule has 3 nitrogen and oxygen atoms in total. The van der Waals surface area contributed by atoms with Gasteiger partial charge < -0.3 is 4.57 Å². The molecule has 0 saturated carbocycles. The van der Waals surface area contributed by atoms with Gasteiger partial charge in [-0.05, 0) is 72.6 Å². The predicted molar refractivity (Wildman–Crippen MR) is 89.0 cm³/mol. The first kappa shape index (κ1) is 15.5. The van der Waals surface area contributed by atoms with Gasteiger partial charge in [-0.3, -0.25) is 0 Å². The molecule has 0 unspecified atom stereocenters.